The van der Waals surface area contributed by atoms with Gasteiger partial charge in [0.1, 0.15) is 17.2 Å². The van der Waals surface area contributed by atoms with Gasteiger partial charge in [-0.05, 0) is 43.1 Å². The Kier molecular flexibility index (Phi) is 5.60. The number of nitrogens with zero attached hydrogens (tertiary/aromatic N) is 1. The van der Waals surface area contributed by atoms with E-state index in [1.807, 2.05) is 6.92 Å². The molecule has 0 fully saturated rings. The van der Waals surface area contributed by atoms with Crippen molar-refractivity contribution in [1.29, 1.82) is 0 Å². The van der Waals surface area contributed by atoms with E-state index in [4.69, 9.17) is 9.47 Å². The van der Waals surface area contributed by atoms with Crippen LogP contribution in [0.3, 0.4) is 0 Å². The van der Waals surface area contributed by atoms with Crippen molar-refractivity contribution in [1.82, 2.24) is 4.98 Å². The van der Waals surface area contributed by atoms with E-state index in [0.29, 0.717) is 18.2 Å². The molecule has 0 radical (unpaired) electrons. The molecule has 0 atom stereocenters. The molecule has 0 spiro atoms. The molecule has 0 unspecified atom stereocenters. The molecule has 1 aromatic rings. The number of hydrogen-bond acceptors (Lipinski definition) is 4. The minimum atomic E-state index is -0.541. The van der Waals surface area contributed by atoms with E-state index in [1.165, 1.54) is 0 Å². The lowest BCUT2D eigenvalue weighted by molar-refractivity contribution is 0.0635. The maximum Gasteiger partial charge on any atom is 0.413 e. The SMILES string of the molecule is CCCOc1cc(NC(=O)OC(C)(C)C)ncc1Br. The monoisotopic (exact) mass is 330 g/mol. The number of pyridine rings is 1. The molecule has 5 nitrogen and oxygen atoms in total. The number of rotatable bonds is 4. The Morgan fingerprint density at radius 3 is 2.74 bits per heavy atom. The van der Waals surface area contributed by atoms with Crippen LogP contribution in [-0.4, -0.2) is 23.3 Å². The largest absolute Gasteiger partial charge is 0.492 e. The standard InChI is InChI=1S/C13H19BrN2O3/c1-5-6-18-10-7-11(15-8-9(10)14)16-12(17)19-13(2,3)4/h7-8H,5-6H2,1-4H3,(H,15,16,17). The highest BCUT2D eigenvalue weighted by Crippen LogP contribution is 2.26. The normalized spacial score (nSPS) is 11.0. The molecule has 0 aromatic carbocycles. The van der Waals surface area contributed by atoms with Crippen LogP contribution in [0.25, 0.3) is 0 Å². The van der Waals surface area contributed by atoms with Gasteiger partial charge in [-0.15, -0.1) is 0 Å². The number of nitrogens with one attached hydrogen (secondary N) is 1. The molecule has 1 N–H and O–H groups in total. The summed E-state index contributed by atoms with van der Waals surface area (Å²) in [5, 5.41) is 2.57. The molecule has 1 heterocycles. The molecule has 1 amide bonds. The summed E-state index contributed by atoms with van der Waals surface area (Å²) < 4.78 is 11.4. The molecule has 0 bridgehead atoms. The molecule has 0 aliphatic carbocycles. The Bertz CT molecular complexity index is 444. The summed E-state index contributed by atoms with van der Waals surface area (Å²) in [4.78, 5) is 15.7. The van der Waals surface area contributed by atoms with Gasteiger partial charge in [-0.1, -0.05) is 6.92 Å². The molecule has 19 heavy (non-hydrogen) atoms. The van der Waals surface area contributed by atoms with Crippen LogP contribution in [-0.2, 0) is 4.74 Å². The summed E-state index contributed by atoms with van der Waals surface area (Å²) in [6.45, 7) is 8.04. The molecule has 106 valence electrons. The lowest BCUT2D eigenvalue weighted by atomic mass is 10.2. The van der Waals surface area contributed by atoms with Gasteiger partial charge in [0.05, 0.1) is 11.1 Å². The highest BCUT2D eigenvalue weighted by molar-refractivity contribution is 9.10. The fourth-order valence-electron chi connectivity index (χ4n) is 1.22. The minimum absolute atomic E-state index is 0.392. The molecule has 0 aliphatic heterocycles. The predicted molar refractivity (Wildman–Crippen MR) is 77.6 cm³/mol. The first-order chi connectivity index (χ1) is 8.81. The van der Waals surface area contributed by atoms with Gasteiger partial charge in [0.25, 0.3) is 0 Å². The zero-order valence-electron chi connectivity index (χ0n) is 11.6. The van der Waals surface area contributed by atoms with Crippen LogP contribution >= 0.6 is 15.9 Å². The fourth-order valence-corrected chi connectivity index (χ4v) is 1.55. The Morgan fingerprint density at radius 1 is 1.47 bits per heavy atom. The second kappa shape index (κ2) is 6.75. The molecule has 1 aromatic heterocycles. The van der Waals surface area contributed by atoms with Crippen LogP contribution in [0.2, 0.25) is 0 Å². The Hall–Kier alpha value is -1.30. The van der Waals surface area contributed by atoms with Crippen molar-refractivity contribution >= 4 is 27.8 Å². The van der Waals surface area contributed by atoms with Crippen LogP contribution in [0.1, 0.15) is 34.1 Å². The number of anilines is 1. The Balaban J connectivity index is 2.71. The van der Waals surface area contributed by atoms with Gasteiger partial charge in [-0.2, -0.15) is 0 Å². The maximum atomic E-state index is 11.6. The average Bonchev–Trinajstić information content (AvgIpc) is 2.27. The summed E-state index contributed by atoms with van der Waals surface area (Å²) in [5.74, 6) is 1.03. The van der Waals surface area contributed by atoms with Crippen molar-refractivity contribution in [2.75, 3.05) is 11.9 Å². The van der Waals surface area contributed by atoms with Gasteiger partial charge in [0.15, 0.2) is 0 Å². The van der Waals surface area contributed by atoms with Crippen LogP contribution in [0.5, 0.6) is 5.75 Å². The van der Waals surface area contributed by atoms with E-state index in [0.717, 1.165) is 10.9 Å². The van der Waals surface area contributed by atoms with E-state index in [9.17, 15) is 4.79 Å². The van der Waals surface area contributed by atoms with Crippen molar-refractivity contribution in [2.45, 2.75) is 39.7 Å². The van der Waals surface area contributed by atoms with E-state index < -0.39 is 11.7 Å². The molecule has 6 heteroatoms. The highest BCUT2D eigenvalue weighted by Gasteiger charge is 2.17. The highest BCUT2D eigenvalue weighted by atomic mass is 79.9. The van der Waals surface area contributed by atoms with Crippen LogP contribution in [0.4, 0.5) is 10.6 Å². The summed E-state index contributed by atoms with van der Waals surface area (Å²) in [6.07, 6.45) is 1.95. The quantitative estimate of drug-likeness (QED) is 0.906. The average molecular weight is 331 g/mol. The van der Waals surface area contributed by atoms with Gasteiger partial charge >= 0.3 is 6.09 Å². The summed E-state index contributed by atoms with van der Waals surface area (Å²) in [5.41, 5.74) is -0.541. The van der Waals surface area contributed by atoms with Crippen LogP contribution in [0.15, 0.2) is 16.7 Å². The number of hydrogen-bond donors (Lipinski definition) is 1. The summed E-state index contributed by atoms with van der Waals surface area (Å²) in [6, 6.07) is 1.66. The topological polar surface area (TPSA) is 60.5 Å². The maximum absolute atomic E-state index is 11.6. The zero-order valence-corrected chi connectivity index (χ0v) is 13.2. The van der Waals surface area contributed by atoms with Crippen molar-refractivity contribution in [3.63, 3.8) is 0 Å². The van der Waals surface area contributed by atoms with E-state index >= 15 is 0 Å². The van der Waals surface area contributed by atoms with E-state index in [2.05, 4.69) is 26.2 Å². The van der Waals surface area contributed by atoms with Gasteiger partial charge in [-0.25, -0.2) is 9.78 Å². The van der Waals surface area contributed by atoms with Gasteiger partial charge < -0.3 is 9.47 Å². The number of aromatic nitrogens is 1. The smallest absolute Gasteiger partial charge is 0.413 e. The number of carbonyl (C=O) groups excluding carboxylic acids is 1. The molecular formula is C13H19BrN2O3. The second-order valence-corrected chi connectivity index (χ2v) is 5.83. The first kappa shape index (κ1) is 15.8. The number of amides is 1. The number of halogens is 1. The Labute approximate surface area is 121 Å². The van der Waals surface area contributed by atoms with Crippen LogP contribution in [0, 0.1) is 0 Å². The van der Waals surface area contributed by atoms with Crippen molar-refractivity contribution in [3.05, 3.63) is 16.7 Å². The van der Waals surface area contributed by atoms with Gasteiger partial charge in [0.2, 0.25) is 0 Å². The number of ether oxygens (including phenoxy) is 2. The number of carbonyl (C=O) groups is 1. The third-order valence-electron chi connectivity index (χ3n) is 1.91. The molecule has 0 aliphatic rings. The molecule has 1 rings (SSSR count). The van der Waals surface area contributed by atoms with Gasteiger partial charge in [-0.3, -0.25) is 5.32 Å². The van der Waals surface area contributed by atoms with Crippen molar-refractivity contribution in [3.8, 4) is 5.75 Å². The third-order valence-corrected chi connectivity index (χ3v) is 2.51. The lowest BCUT2D eigenvalue weighted by Gasteiger charge is -2.19. The van der Waals surface area contributed by atoms with Crippen molar-refractivity contribution < 1.29 is 14.3 Å². The first-order valence-electron chi connectivity index (χ1n) is 6.10. The molecular weight excluding hydrogens is 312 g/mol. The Morgan fingerprint density at radius 2 is 2.16 bits per heavy atom. The zero-order chi connectivity index (χ0) is 14.5. The third kappa shape index (κ3) is 5.92. The van der Waals surface area contributed by atoms with Crippen molar-refractivity contribution in [2.24, 2.45) is 0 Å². The van der Waals surface area contributed by atoms with E-state index in [1.54, 1.807) is 33.0 Å². The first-order valence-corrected chi connectivity index (χ1v) is 6.89. The lowest BCUT2D eigenvalue weighted by Crippen LogP contribution is -2.27. The minimum Gasteiger partial charge on any atom is -0.492 e. The molecule has 0 saturated carbocycles. The molecule has 0 saturated heterocycles. The van der Waals surface area contributed by atoms with E-state index in [-0.39, 0.29) is 0 Å². The second-order valence-electron chi connectivity index (χ2n) is 4.98. The summed E-state index contributed by atoms with van der Waals surface area (Å²) >= 11 is 3.34. The van der Waals surface area contributed by atoms with Gasteiger partial charge in [0, 0.05) is 12.3 Å². The predicted octanol–water partition coefficient (Wildman–Crippen LogP) is 3.98. The van der Waals surface area contributed by atoms with Crippen LogP contribution < -0.4 is 10.1 Å². The summed E-state index contributed by atoms with van der Waals surface area (Å²) in [7, 11) is 0. The fraction of sp³-hybridized carbons (Fsp3) is 0.538.